The van der Waals surface area contributed by atoms with Crippen LogP contribution in [0.1, 0.15) is 43.1 Å². The van der Waals surface area contributed by atoms with Gasteiger partial charge in [0.15, 0.2) is 0 Å². The molecule has 1 saturated carbocycles. The third-order valence-electron chi connectivity index (χ3n) is 3.87. The number of benzene rings is 1. The molecule has 2 aromatic rings. The van der Waals surface area contributed by atoms with Gasteiger partial charge >= 0.3 is 0 Å². The third-order valence-corrected chi connectivity index (χ3v) is 3.87. The Balaban J connectivity index is 1.63. The minimum atomic E-state index is 0.285. The molecule has 1 aromatic carbocycles. The Labute approximate surface area is 119 Å². The molecule has 20 heavy (non-hydrogen) atoms. The molecule has 0 bridgehead atoms. The Morgan fingerprint density at radius 3 is 3.05 bits per heavy atom. The maximum absolute atomic E-state index is 5.27. The summed E-state index contributed by atoms with van der Waals surface area (Å²) in [6, 6.07) is 9.17. The Bertz CT molecular complexity index is 575. The van der Waals surface area contributed by atoms with Crippen LogP contribution in [0.25, 0.3) is 0 Å². The lowest BCUT2D eigenvalue weighted by Gasteiger charge is -2.16. The number of nitrogens with zero attached hydrogens (tertiary/aromatic N) is 2. The summed E-state index contributed by atoms with van der Waals surface area (Å²) in [5, 5.41) is 3.56. The van der Waals surface area contributed by atoms with Gasteiger partial charge in [-0.15, -0.1) is 0 Å². The molecule has 0 amide bonds. The van der Waals surface area contributed by atoms with Crippen molar-refractivity contribution in [3.8, 4) is 5.75 Å². The van der Waals surface area contributed by atoms with E-state index in [9.17, 15) is 0 Å². The number of hydrogen-bond acceptors (Lipinski definition) is 3. The van der Waals surface area contributed by atoms with E-state index in [4.69, 9.17) is 4.74 Å². The predicted octanol–water partition coefficient (Wildman–Crippen LogP) is 3.08. The van der Waals surface area contributed by atoms with Gasteiger partial charge in [-0.05, 0) is 37.5 Å². The lowest BCUT2D eigenvalue weighted by atomic mass is 10.1. The predicted molar refractivity (Wildman–Crippen MR) is 78.7 cm³/mol. The molecule has 0 radical (unpaired) electrons. The van der Waals surface area contributed by atoms with Crippen molar-refractivity contribution in [3.63, 3.8) is 0 Å². The van der Waals surface area contributed by atoms with E-state index < -0.39 is 0 Å². The molecule has 3 rings (SSSR count). The second-order valence-electron chi connectivity index (χ2n) is 5.40. The van der Waals surface area contributed by atoms with Crippen LogP contribution in [-0.2, 0) is 6.54 Å². The summed E-state index contributed by atoms with van der Waals surface area (Å²) in [6.07, 6.45) is 6.48. The molecule has 1 atom stereocenters. The fraction of sp³-hybridized carbons (Fsp3) is 0.438. The van der Waals surface area contributed by atoms with Crippen LogP contribution in [0.15, 0.2) is 36.8 Å². The van der Waals surface area contributed by atoms with Crippen LogP contribution in [0, 0.1) is 0 Å². The highest BCUT2D eigenvalue weighted by Crippen LogP contribution is 2.35. The Morgan fingerprint density at radius 2 is 2.30 bits per heavy atom. The van der Waals surface area contributed by atoms with Crippen molar-refractivity contribution in [3.05, 3.63) is 48.0 Å². The number of nitrogens with one attached hydrogen (secondary N) is 1. The van der Waals surface area contributed by atoms with Crippen molar-refractivity contribution in [2.24, 2.45) is 0 Å². The summed E-state index contributed by atoms with van der Waals surface area (Å²) < 4.78 is 7.57. The van der Waals surface area contributed by atoms with Crippen LogP contribution in [0.4, 0.5) is 0 Å². The van der Waals surface area contributed by atoms with Crippen molar-refractivity contribution in [2.45, 2.75) is 38.4 Å². The minimum Gasteiger partial charge on any atom is -0.497 e. The Kier molecular flexibility index (Phi) is 3.74. The number of methoxy groups -OCH3 is 1. The molecule has 1 fully saturated rings. The number of hydrogen-bond donors (Lipinski definition) is 1. The number of rotatable bonds is 6. The summed E-state index contributed by atoms with van der Waals surface area (Å²) in [5.41, 5.74) is 2.50. The van der Waals surface area contributed by atoms with Crippen molar-refractivity contribution in [1.29, 1.82) is 0 Å². The Morgan fingerprint density at radius 1 is 1.45 bits per heavy atom. The van der Waals surface area contributed by atoms with E-state index in [2.05, 4.69) is 33.9 Å². The summed E-state index contributed by atoms with van der Waals surface area (Å²) in [7, 11) is 1.70. The zero-order chi connectivity index (χ0) is 13.9. The van der Waals surface area contributed by atoms with Gasteiger partial charge in [0.2, 0.25) is 0 Å². The van der Waals surface area contributed by atoms with Crippen LogP contribution in [-0.4, -0.2) is 16.7 Å². The van der Waals surface area contributed by atoms with Gasteiger partial charge in [-0.3, -0.25) is 0 Å². The fourth-order valence-electron chi connectivity index (χ4n) is 2.44. The highest BCUT2D eigenvalue weighted by molar-refractivity contribution is 5.30. The highest BCUT2D eigenvalue weighted by atomic mass is 16.5. The molecule has 1 aromatic heterocycles. The lowest BCUT2D eigenvalue weighted by molar-refractivity contribution is 0.413. The molecule has 0 saturated heterocycles. The van der Waals surface area contributed by atoms with E-state index in [1.54, 1.807) is 7.11 Å². The summed E-state index contributed by atoms with van der Waals surface area (Å²) in [4.78, 5) is 4.26. The monoisotopic (exact) mass is 271 g/mol. The van der Waals surface area contributed by atoms with Crippen LogP contribution < -0.4 is 10.1 Å². The lowest BCUT2D eigenvalue weighted by Crippen LogP contribution is -2.19. The van der Waals surface area contributed by atoms with Gasteiger partial charge in [0.1, 0.15) is 5.75 Å². The molecular weight excluding hydrogens is 250 g/mol. The van der Waals surface area contributed by atoms with E-state index in [1.807, 2.05) is 24.7 Å². The highest BCUT2D eigenvalue weighted by Gasteiger charge is 2.25. The molecule has 0 aliphatic heterocycles. The SMILES string of the molecule is COc1cccc([C@H](C)NCc2cncn2C2CC2)c1. The van der Waals surface area contributed by atoms with Gasteiger partial charge in [-0.25, -0.2) is 4.98 Å². The first-order chi connectivity index (χ1) is 9.78. The molecule has 0 spiro atoms. The first-order valence-electron chi connectivity index (χ1n) is 7.16. The first-order valence-corrected chi connectivity index (χ1v) is 7.16. The number of aromatic nitrogens is 2. The largest absolute Gasteiger partial charge is 0.497 e. The second-order valence-corrected chi connectivity index (χ2v) is 5.40. The third kappa shape index (κ3) is 2.85. The number of ether oxygens (including phenoxy) is 1. The molecule has 4 heteroatoms. The summed E-state index contributed by atoms with van der Waals surface area (Å²) >= 11 is 0. The van der Waals surface area contributed by atoms with Crippen molar-refractivity contribution in [2.75, 3.05) is 7.11 Å². The maximum Gasteiger partial charge on any atom is 0.119 e. The average Bonchev–Trinajstić information content (AvgIpc) is 3.23. The van der Waals surface area contributed by atoms with Gasteiger partial charge in [-0.2, -0.15) is 0 Å². The first kappa shape index (κ1) is 13.2. The van der Waals surface area contributed by atoms with Crippen LogP contribution in [0.2, 0.25) is 0 Å². The second kappa shape index (κ2) is 5.67. The average molecular weight is 271 g/mol. The molecule has 4 nitrogen and oxygen atoms in total. The van der Waals surface area contributed by atoms with E-state index >= 15 is 0 Å². The molecule has 0 unspecified atom stereocenters. The zero-order valence-electron chi connectivity index (χ0n) is 12.0. The summed E-state index contributed by atoms with van der Waals surface area (Å²) in [5.74, 6) is 0.902. The van der Waals surface area contributed by atoms with E-state index in [1.165, 1.54) is 24.1 Å². The van der Waals surface area contributed by atoms with Crippen molar-refractivity contribution >= 4 is 0 Å². The minimum absolute atomic E-state index is 0.285. The van der Waals surface area contributed by atoms with Gasteiger partial charge in [-0.1, -0.05) is 12.1 Å². The van der Waals surface area contributed by atoms with E-state index in [0.29, 0.717) is 6.04 Å². The Hall–Kier alpha value is -1.81. The number of imidazole rings is 1. The molecule has 1 aliphatic carbocycles. The van der Waals surface area contributed by atoms with Crippen molar-refractivity contribution < 1.29 is 4.74 Å². The van der Waals surface area contributed by atoms with Gasteiger partial charge in [0.25, 0.3) is 0 Å². The van der Waals surface area contributed by atoms with Crippen LogP contribution >= 0.6 is 0 Å². The van der Waals surface area contributed by atoms with Gasteiger partial charge < -0.3 is 14.6 Å². The van der Waals surface area contributed by atoms with Crippen molar-refractivity contribution in [1.82, 2.24) is 14.9 Å². The quantitative estimate of drug-likeness (QED) is 0.877. The normalized spacial score (nSPS) is 16.1. The fourth-order valence-corrected chi connectivity index (χ4v) is 2.44. The molecule has 1 heterocycles. The smallest absolute Gasteiger partial charge is 0.119 e. The summed E-state index contributed by atoms with van der Waals surface area (Å²) in [6.45, 7) is 3.02. The molecule has 106 valence electrons. The van der Waals surface area contributed by atoms with Gasteiger partial charge in [0.05, 0.1) is 19.1 Å². The van der Waals surface area contributed by atoms with E-state index in [0.717, 1.165) is 12.3 Å². The van der Waals surface area contributed by atoms with Crippen LogP contribution in [0.5, 0.6) is 5.75 Å². The maximum atomic E-state index is 5.27. The molecule has 1 aliphatic rings. The van der Waals surface area contributed by atoms with Gasteiger partial charge in [0, 0.05) is 24.8 Å². The molecular formula is C16H21N3O. The molecule has 1 N–H and O–H groups in total. The zero-order valence-corrected chi connectivity index (χ0v) is 12.0. The standard InChI is InChI=1S/C16H21N3O/c1-12(13-4-3-5-16(8-13)20-2)18-10-15-9-17-11-19(15)14-6-7-14/h3-5,8-9,11-12,14,18H,6-7,10H2,1-2H3/t12-/m0/s1. The topological polar surface area (TPSA) is 39.1 Å². The van der Waals surface area contributed by atoms with E-state index in [-0.39, 0.29) is 6.04 Å². The van der Waals surface area contributed by atoms with Crippen LogP contribution in [0.3, 0.4) is 0 Å².